The first-order valence-corrected chi connectivity index (χ1v) is 8.44. The standard InChI is InChI=1S/C17H21N5O2/c1-10-6-13(4-5-18-10)19-14-7-12(17(23)24)8-16(14)22-9-15(20-21-22)11-2-3-11/h4-6,9,11-12,14,16H,2-3,7-8H2,1H3,(H,18,19)(H,23,24)/t12?,14-,16+/m1/s1. The van der Waals surface area contributed by atoms with E-state index < -0.39 is 5.97 Å². The van der Waals surface area contributed by atoms with Gasteiger partial charge in [-0.15, -0.1) is 5.10 Å². The maximum Gasteiger partial charge on any atom is 0.306 e. The molecule has 2 aromatic rings. The van der Waals surface area contributed by atoms with Crippen molar-refractivity contribution in [3.05, 3.63) is 35.9 Å². The van der Waals surface area contributed by atoms with Crippen molar-refractivity contribution in [2.24, 2.45) is 5.92 Å². The summed E-state index contributed by atoms with van der Waals surface area (Å²) in [6.07, 6.45) is 7.28. The molecule has 24 heavy (non-hydrogen) atoms. The highest BCUT2D eigenvalue weighted by molar-refractivity contribution is 5.70. The van der Waals surface area contributed by atoms with Crippen LogP contribution in [-0.2, 0) is 4.79 Å². The molecular weight excluding hydrogens is 306 g/mol. The third-order valence-electron chi connectivity index (χ3n) is 4.99. The number of aromatic nitrogens is 4. The molecular formula is C17H21N5O2. The second kappa shape index (κ2) is 5.89. The van der Waals surface area contributed by atoms with Crippen LogP contribution >= 0.6 is 0 Å². The van der Waals surface area contributed by atoms with Crippen LogP contribution in [0.3, 0.4) is 0 Å². The number of rotatable bonds is 5. The molecule has 2 aliphatic carbocycles. The minimum Gasteiger partial charge on any atom is -0.481 e. The number of nitrogens with one attached hydrogen (secondary N) is 1. The number of carboxylic acid groups (broad SMARTS) is 1. The van der Waals surface area contributed by atoms with Gasteiger partial charge in [0.15, 0.2) is 0 Å². The smallest absolute Gasteiger partial charge is 0.306 e. The molecule has 1 unspecified atom stereocenters. The van der Waals surface area contributed by atoms with E-state index in [2.05, 4.69) is 20.6 Å². The molecule has 126 valence electrons. The zero-order chi connectivity index (χ0) is 16.7. The summed E-state index contributed by atoms with van der Waals surface area (Å²) in [4.78, 5) is 15.7. The number of pyridine rings is 1. The average Bonchev–Trinajstić information content (AvgIpc) is 3.12. The third-order valence-corrected chi connectivity index (χ3v) is 4.99. The molecule has 0 bridgehead atoms. The first kappa shape index (κ1) is 15.1. The van der Waals surface area contributed by atoms with Crippen LogP contribution in [0.2, 0.25) is 0 Å². The van der Waals surface area contributed by atoms with Crippen LogP contribution in [-0.4, -0.2) is 37.1 Å². The first-order valence-electron chi connectivity index (χ1n) is 8.44. The quantitative estimate of drug-likeness (QED) is 0.876. The lowest BCUT2D eigenvalue weighted by atomic mass is 10.1. The van der Waals surface area contributed by atoms with E-state index in [4.69, 9.17) is 0 Å². The number of anilines is 1. The topological polar surface area (TPSA) is 92.9 Å². The van der Waals surface area contributed by atoms with Crippen molar-refractivity contribution in [3.63, 3.8) is 0 Å². The lowest BCUT2D eigenvalue weighted by Gasteiger charge is -2.22. The number of aryl methyl sites for hydroxylation is 1. The fourth-order valence-electron chi connectivity index (χ4n) is 3.53. The van der Waals surface area contributed by atoms with Crippen LogP contribution in [0.1, 0.15) is 49.0 Å². The lowest BCUT2D eigenvalue weighted by molar-refractivity contribution is -0.141. The van der Waals surface area contributed by atoms with Crippen LogP contribution < -0.4 is 5.32 Å². The number of carbonyl (C=O) groups is 1. The van der Waals surface area contributed by atoms with Gasteiger partial charge >= 0.3 is 5.97 Å². The van der Waals surface area contributed by atoms with Gasteiger partial charge in [-0.2, -0.15) is 0 Å². The molecule has 3 atom stereocenters. The van der Waals surface area contributed by atoms with Gasteiger partial charge in [0.2, 0.25) is 0 Å². The molecule has 4 rings (SSSR count). The number of nitrogens with zero attached hydrogens (tertiary/aromatic N) is 4. The minimum atomic E-state index is -0.738. The van der Waals surface area contributed by atoms with Crippen LogP contribution in [0, 0.1) is 12.8 Å². The summed E-state index contributed by atoms with van der Waals surface area (Å²) in [6.45, 7) is 1.94. The fourth-order valence-corrected chi connectivity index (χ4v) is 3.53. The summed E-state index contributed by atoms with van der Waals surface area (Å²) in [5.41, 5.74) is 2.93. The fraction of sp³-hybridized carbons (Fsp3) is 0.529. The van der Waals surface area contributed by atoms with E-state index in [1.807, 2.05) is 29.9 Å². The van der Waals surface area contributed by atoms with E-state index in [1.165, 1.54) is 12.8 Å². The molecule has 0 spiro atoms. The van der Waals surface area contributed by atoms with Gasteiger partial charge in [0.1, 0.15) is 0 Å². The SMILES string of the molecule is Cc1cc(N[C@@H]2CC(C(=O)O)C[C@@H]2n2cc(C3CC3)nn2)ccn1. The maximum atomic E-state index is 11.5. The molecule has 7 nitrogen and oxygen atoms in total. The summed E-state index contributed by atoms with van der Waals surface area (Å²) in [5, 5.41) is 21.5. The predicted molar refractivity (Wildman–Crippen MR) is 87.8 cm³/mol. The van der Waals surface area contributed by atoms with E-state index in [9.17, 15) is 9.90 Å². The molecule has 2 fully saturated rings. The maximum absolute atomic E-state index is 11.5. The van der Waals surface area contributed by atoms with E-state index in [1.54, 1.807) is 6.20 Å². The molecule has 2 N–H and O–H groups in total. The summed E-state index contributed by atoms with van der Waals surface area (Å²) >= 11 is 0. The van der Waals surface area contributed by atoms with Crippen molar-refractivity contribution in [3.8, 4) is 0 Å². The molecule has 0 aromatic carbocycles. The molecule has 0 amide bonds. The van der Waals surface area contributed by atoms with Gasteiger partial charge in [-0.3, -0.25) is 9.78 Å². The number of carboxylic acids is 1. The summed E-state index contributed by atoms with van der Waals surface area (Å²) in [6, 6.07) is 3.90. The Hall–Kier alpha value is -2.44. The Morgan fingerprint density at radius 3 is 2.92 bits per heavy atom. The van der Waals surface area contributed by atoms with E-state index in [0.717, 1.165) is 17.1 Å². The highest BCUT2D eigenvalue weighted by Gasteiger charge is 2.40. The van der Waals surface area contributed by atoms with Gasteiger partial charge in [0, 0.05) is 35.7 Å². The molecule has 0 radical (unpaired) electrons. The predicted octanol–water partition coefficient (Wildman–Crippen LogP) is 2.38. The number of hydrogen-bond acceptors (Lipinski definition) is 5. The average molecular weight is 327 g/mol. The summed E-state index contributed by atoms with van der Waals surface area (Å²) in [7, 11) is 0. The Bertz CT molecular complexity index is 755. The van der Waals surface area contributed by atoms with Crippen LogP contribution in [0.15, 0.2) is 24.5 Å². The van der Waals surface area contributed by atoms with Crippen molar-refractivity contribution in [2.75, 3.05) is 5.32 Å². The second-order valence-corrected chi connectivity index (χ2v) is 6.91. The van der Waals surface area contributed by atoms with Crippen LogP contribution in [0.5, 0.6) is 0 Å². The van der Waals surface area contributed by atoms with Gasteiger partial charge in [-0.1, -0.05) is 5.21 Å². The van der Waals surface area contributed by atoms with Gasteiger partial charge in [-0.05, 0) is 44.7 Å². The Labute approximate surface area is 140 Å². The Kier molecular flexibility index (Phi) is 3.70. The zero-order valence-electron chi connectivity index (χ0n) is 13.6. The largest absolute Gasteiger partial charge is 0.481 e. The number of hydrogen-bond donors (Lipinski definition) is 2. The first-order chi connectivity index (χ1) is 11.6. The Balaban J connectivity index is 1.57. The lowest BCUT2D eigenvalue weighted by Crippen LogP contribution is -2.27. The third kappa shape index (κ3) is 2.98. The zero-order valence-corrected chi connectivity index (χ0v) is 13.6. The van der Waals surface area contributed by atoms with Crippen molar-refractivity contribution >= 4 is 11.7 Å². The molecule has 2 heterocycles. The summed E-state index contributed by atoms with van der Waals surface area (Å²) in [5.74, 6) is -0.550. The van der Waals surface area contributed by atoms with Gasteiger partial charge in [0.05, 0.1) is 17.7 Å². The molecule has 0 saturated heterocycles. The highest BCUT2D eigenvalue weighted by Crippen LogP contribution is 2.41. The second-order valence-electron chi connectivity index (χ2n) is 6.91. The van der Waals surface area contributed by atoms with Gasteiger partial charge in [-0.25, -0.2) is 4.68 Å². The molecule has 2 aromatic heterocycles. The van der Waals surface area contributed by atoms with Gasteiger partial charge < -0.3 is 10.4 Å². The molecule has 7 heteroatoms. The monoisotopic (exact) mass is 327 g/mol. The van der Waals surface area contributed by atoms with E-state index >= 15 is 0 Å². The molecule has 2 saturated carbocycles. The van der Waals surface area contributed by atoms with E-state index in [0.29, 0.717) is 18.8 Å². The Morgan fingerprint density at radius 2 is 2.21 bits per heavy atom. The number of aliphatic carboxylic acids is 1. The highest BCUT2D eigenvalue weighted by atomic mass is 16.4. The normalized spacial score (nSPS) is 26.5. The molecule has 0 aliphatic heterocycles. The van der Waals surface area contributed by atoms with E-state index in [-0.39, 0.29) is 18.0 Å². The van der Waals surface area contributed by atoms with Gasteiger partial charge in [0.25, 0.3) is 0 Å². The van der Waals surface area contributed by atoms with Crippen molar-refractivity contribution < 1.29 is 9.90 Å². The van der Waals surface area contributed by atoms with Crippen LogP contribution in [0.25, 0.3) is 0 Å². The summed E-state index contributed by atoms with van der Waals surface area (Å²) < 4.78 is 1.86. The van der Waals surface area contributed by atoms with Crippen molar-refractivity contribution in [1.29, 1.82) is 0 Å². The van der Waals surface area contributed by atoms with Crippen LogP contribution in [0.4, 0.5) is 5.69 Å². The Morgan fingerprint density at radius 1 is 1.38 bits per heavy atom. The minimum absolute atomic E-state index is 0.000397. The van der Waals surface area contributed by atoms with Crippen molar-refractivity contribution in [1.82, 2.24) is 20.0 Å². The molecule has 2 aliphatic rings. The van der Waals surface area contributed by atoms with Crippen molar-refractivity contribution in [2.45, 2.75) is 50.6 Å².